The highest BCUT2D eigenvalue weighted by molar-refractivity contribution is 7.99. The summed E-state index contributed by atoms with van der Waals surface area (Å²) in [4.78, 5) is 20.6. The Morgan fingerprint density at radius 3 is 2.94 bits per heavy atom. The number of rotatable bonds is 3. The van der Waals surface area contributed by atoms with Gasteiger partial charge >= 0.3 is 5.97 Å². The van der Waals surface area contributed by atoms with Crippen molar-refractivity contribution in [3.63, 3.8) is 0 Å². The molecule has 0 saturated carbocycles. The van der Waals surface area contributed by atoms with Gasteiger partial charge in [0, 0.05) is 11.1 Å². The molecule has 4 nitrogen and oxygen atoms in total. The van der Waals surface area contributed by atoms with E-state index in [-0.39, 0.29) is 0 Å². The minimum atomic E-state index is -0.425. The molecular formula is C13H12N2O2S. The second-order valence-corrected chi connectivity index (χ2v) is 4.71. The Hall–Kier alpha value is -1.88. The molecule has 0 atom stereocenters. The van der Waals surface area contributed by atoms with Gasteiger partial charge in [-0.05, 0) is 19.1 Å². The van der Waals surface area contributed by atoms with E-state index >= 15 is 0 Å². The van der Waals surface area contributed by atoms with Crippen molar-refractivity contribution in [2.24, 2.45) is 0 Å². The zero-order valence-corrected chi connectivity index (χ0v) is 10.9. The van der Waals surface area contributed by atoms with Gasteiger partial charge in [-0.15, -0.1) is 0 Å². The number of hydrogen-bond acceptors (Lipinski definition) is 5. The summed E-state index contributed by atoms with van der Waals surface area (Å²) in [6, 6.07) is 8.00. The lowest BCUT2D eigenvalue weighted by molar-refractivity contribution is 0.0595. The molecule has 92 valence electrons. The number of esters is 1. The Bertz CT molecular complexity index is 572. The number of carbonyl (C=O) groups is 1. The van der Waals surface area contributed by atoms with Gasteiger partial charge in [0.25, 0.3) is 0 Å². The molecule has 0 aliphatic heterocycles. The molecule has 0 saturated heterocycles. The third-order valence-electron chi connectivity index (χ3n) is 2.29. The van der Waals surface area contributed by atoms with Gasteiger partial charge in [-0.1, -0.05) is 29.5 Å². The largest absolute Gasteiger partial charge is 0.465 e. The van der Waals surface area contributed by atoms with Crippen molar-refractivity contribution >= 4 is 17.7 Å². The van der Waals surface area contributed by atoms with Crippen molar-refractivity contribution < 1.29 is 9.53 Å². The van der Waals surface area contributed by atoms with Crippen molar-refractivity contribution in [1.82, 2.24) is 9.97 Å². The van der Waals surface area contributed by atoms with E-state index in [9.17, 15) is 4.79 Å². The van der Waals surface area contributed by atoms with Gasteiger partial charge < -0.3 is 4.74 Å². The van der Waals surface area contributed by atoms with Crippen LogP contribution in [0.25, 0.3) is 0 Å². The fourth-order valence-electron chi connectivity index (χ4n) is 1.44. The van der Waals surface area contributed by atoms with Gasteiger partial charge in [0.05, 0.1) is 7.11 Å². The molecule has 0 spiro atoms. The molecule has 0 bridgehead atoms. The van der Waals surface area contributed by atoms with Crippen LogP contribution in [0.1, 0.15) is 15.9 Å². The van der Waals surface area contributed by atoms with Crippen LogP contribution in [-0.4, -0.2) is 23.0 Å². The van der Waals surface area contributed by atoms with Crippen LogP contribution in [0, 0.1) is 6.92 Å². The molecule has 18 heavy (non-hydrogen) atoms. The summed E-state index contributed by atoms with van der Waals surface area (Å²) in [6.07, 6.45) is 2.89. The first-order valence-electron chi connectivity index (χ1n) is 5.33. The Kier molecular flexibility index (Phi) is 3.94. The molecule has 0 radical (unpaired) electrons. The normalized spacial score (nSPS) is 10.1. The highest BCUT2D eigenvalue weighted by atomic mass is 32.2. The first-order chi connectivity index (χ1) is 8.70. The average molecular weight is 260 g/mol. The van der Waals surface area contributed by atoms with Gasteiger partial charge in [0.2, 0.25) is 0 Å². The van der Waals surface area contributed by atoms with Gasteiger partial charge in [-0.2, -0.15) is 0 Å². The van der Waals surface area contributed by atoms with E-state index in [0.717, 1.165) is 10.5 Å². The van der Waals surface area contributed by atoms with Crippen molar-refractivity contribution in [2.45, 2.75) is 16.8 Å². The van der Waals surface area contributed by atoms with Crippen LogP contribution in [-0.2, 0) is 4.74 Å². The van der Waals surface area contributed by atoms with E-state index in [0.29, 0.717) is 10.6 Å². The van der Waals surface area contributed by atoms with Crippen molar-refractivity contribution in [3.05, 3.63) is 47.9 Å². The molecule has 2 rings (SSSR count). The standard InChI is InChI=1S/C13H12N2O2S/c1-9-4-3-5-10(6-9)18-12-11(13(16)17-2)7-14-8-15-12/h3-8H,1-2H3. The third-order valence-corrected chi connectivity index (χ3v) is 3.29. The number of nitrogens with zero attached hydrogens (tertiary/aromatic N) is 2. The monoisotopic (exact) mass is 260 g/mol. The summed E-state index contributed by atoms with van der Waals surface area (Å²) in [7, 11) is 1.34. The summed E-state index contributed by atoms with van der Waals surface area (Å²) in [5, 5.41) is 0.599. The zero-order chi connectivity index (χ0) is 13.0. The highest BCUT2D eigenvalue weighted by Crippen LogP contribution is 2.28. The van der Waals surface area contributed by atoms with Gasteiger partial charge in [-0.25, -0.2) is 14.8 Å². The Morgan fingerprint density at radius 1 is 1.39 bits per heavy atom. The van der Waals surface area contributed by atoms with E-state index in [1.165, 1.54) is 31.4 Å². The van der Waals surface area contributed by atoms with E-state index in [1.807, 2.05) is 31.2 Å². The van der Waals surface area contributed by atoms with Crippen LogP contribution in [0.15, 0.2) is 46.7 Å². The number of ether oxygens (including phenoxy) is 1. The minimum absolute atomic E-state index is 0.381. The summed E-state index contributed by atoms with van der Waals surface area (Å²) >= 11 is 1.42. The molecule has 1 aromatic carbocycles. The Balaban J connectivity index is 2.32. The topological polar surface area (TPSA) is 52.1 Å². The number of aryl methyl sites for hydroxylation is 1. The maximum atomic E-state index is 11.6. The van der Waals surface area contributed by atoms with Crippen LogP contribution in [0.5, 0.6) is 0 Å². The van der Waals surface area contributed by atoms with Crippen LogP contribution >= 0.6 is 11.8 Å². The number of methoxy groups -OCH3 is 1. The van der Waals surface area contributed by atoms with Crippen molar-refractivity contribution in [3.8, 4) is 0 Å². The first kappa shape index (κ1) is 12.6. The predicted molar refractivity (Wildman–Crippen MR) is 68.7 cm³/mol. The molecule has 2 aromatic rings. The van der Waals surface area contributed by atoms with Gasteiger partial charge in [-0.3, -0.25) is 0 Å². The molecule has 0 unspecified atom stereocenters. The smallest absolute Gasteiger partial charge is 0.342 e. The summed E-state index contributed by atoms with van der Waals surface area (Å²) in [6.45, 7) is 2.02. The Labute approximate surface area is 109 Å². The van der Waals surface area contributed by atoms with Crippen LogP contribution in [0.4, 0.5) is 0 Å². The summed E-state index contributed by atoms with van der Waals surface area (Å²) < 4.78 is 4.71. The average Bonchev–Trinajstić information content (AvgIpc) is 2.38. The predicted octanol–water partition coefficient (Wildman–Crippen LogP) is 2.72. The minimum Gasteiger partial charge on any atom is -0.465 e. The molecule has 0 aliphatic carbocycles. The summed E-state index contributed by atoms with van der Waals surface area (Å²) in [5.74, 6) is -0.425. The van der Waals surface area contributed by atoms with Crippen molar-refractivity contribution in [2.75, 3.05) is 7.11 Å². The maximum absolute atomic E-state index is 11.6. The lowest BCUT2D eigenvalue weighted by Gasteiger charge is -2.06. The molecule has 1 aromatic heterocycles. The molecule has 0 N–H and O–H groups in total. The van der Waals surface area contributed by atoms with Gasteiger partial charge in [0.1, 0.15) is 16.9 Å². The molecular weight excluding hydrogens is 248 g/mol. The van der Waals surface area contributed by atoms with E-state index < -0.39 is 5.97 Å². The fraction of sp³-hybridized carbons (Fsp3) is 0.154. The van der Waals surface area contributed by atoms with E-state index in [1.54, 1.807) is 0 Å². The lowest BCUT2D eigenvalue weighted by atomic mass is 10.2. The highest BCUT2D eigenvalue weighted by Gasteiger charge is 2.14. The van der Waals surface area contributed by atoms with Crippen LogP contribution in [0.2, 0.25) is 0 Å². The number of carbonyl (C=O) groups excluding carboxylic acids is 1. The maximum Gasteiger partial charge on any atom is 0.342 e. The van der Waals surface area contributed by atoms with Gasteiger partial charge in [0.15, 0.2) is 0 Å². The molecule has 0 amide bonds. The van der Waals surface area contributed by atoms with Crippen LogP contribution < -0.4 is 0 Å². The fourth-order valence-corrected chi connectivity index (χ4v) is 2.40. The number of aromatic nitrogens is 2. The zero-order valence-electron chi connectivity index (χ0n) is 10.1. The SMILES string of the molecule is COC(=O)c1cncnc1Sc1cccc(C)c1. The number of hydrogen-bond donors (Lipinski definition) is 0. The van der Waals surface area contributed by atoms with Crippen LogP contribution in [0.3, 0.4) is 0 Å². The Morgan fingerprint density at radius 2 is 2.22 bits per heavy atom. The second-order valence-electron chi connectivity index (χ2n) is 3.65. The lowest BCUT2D eigenvalue weighted by Crippen LogP contribution is -2.05. The van der Waals surface area contributed by atoms with E-state index in [2.05, 4.69) is 9.97 Å². The van der Waals surface area contributed by atoms with Crippen molar-refractivity contribution in [1.29, 1.82) is 0 Å². The molecule has 5 heteroatoms. The molecule has 1 heterocycles. The number of benzene rings is 1. The third kappa shape index (κ3) is 2.87. The first-order valence-corrected chi connectivity index (χ1v) is 6.15. The molecule has 0 fully saturated rings. The summed E-state index contributed by atoms with van der Waals surface area (Å²) in [5.41, 5.74) is 1.54. The second kappa shape index (κ2) is 5.64. The molecule has 0 aliphatic rings. The quantitative estimate of drug-likeness (QED) is 0.627. The van der Waals surface area contributed by atoms with E-state index in [4.69, 9.17) is 4.74 Å².